The van der Waals surface area contributed by atoms with Gasteiger partial charge in [-0.25, -0.2) is 0 Å². The number of amides is 2. The number of benzene rings is 2. The number of carbonyl (C=O) groups excluding carboxylic acids is 2. The summed E-state index contributed by atoms with van der Waals surface area (Å²) < 4.78 is 44.1. The number of thioether (sulfide) groups is 1. The molecule has 1 saturated heterocycles. The number of nitrogens with one attached hydrogen (secondary N) is 1. The van der Waals surface area contributed by atoms with E-state index in [2.05, 4.69) is 11.9 Å². The van der Waals surface area contributed by atoms with E-state index in [0.29, 0.717) is 21.5 Å². The second-order valence-corrected chi connectivity index (χ2v) is 8.24. The van der Waals surface area contributed by atoms with E-state index in [0.717, 1.165) is 17.7 Å². The lowest BCUT2D eigenvalue weighted by Gasteiger charge is -2.11. The molecule has 0 spiro atoms. The van der Waals surface area contributed by atoms with Gasteiger partial charge in [0.1, 0.15) is 10.1 Å². The maximum atomic E-state index is 12.8. The van der Waals surface area contributed by atoms with Gasteiger partial charge in [-0.1, -0.05) is 48.3 Å². The molecular weight excluding hydrogens is 461 g/mol. The summed E-state index contributed by atoms with van der Waals surface area (Å²) in [5.74, 6) is -0.397. The number of alkyl halides is 3. The van der Waals surface area contributed by atoms with Crippen LogP contribution >= 0.6 is 24.0 Å². The highest BCUT2D eigenvalue weighted by atomic mass is 32.2. The van der Waals surface area contributed by atoms with Crippen molar-refractivity contribution in [2.24, 2.45) is 0 Å². The smallest absolute Gasteiger partial charge is 0.416 e. The van der Waals surface area contributed by atoms with Crippen molar-refractivity contribution in [3.05, 3.63) is 77.2 Å². The Morgan fingerprint density at radius 1 is 1.22 bits per heavy atom. The summed E-state index contributed by atoms with van der Waals surface area (Å²) >= 11 is 6.40. The maximum Gasteiger partial charge on any atom is 0.416 e. The van der Waals surface area contributed by atoms with Gasteiger partial charge >= 0.3 is 6.18 Å². The summed E-state index contributed by atoms with van der Waals surface area (Å²) in [6.45, 7) is 3.57. The number of thiocarbonyl (C=S) groups is 1. The molecule has 0 saturated carbocycles. The SMILES string of the molecule is C=CCN1C(=O)/C(=C/c2ccc(OCC(=O)Nc3cccc(C(F)(F)F)c3)cc2)SC1=S. The molecule has 2 amide bonds. The van der Waals surface area contributed by atoms with Crippen molar-refractivity contribution in [3.8, 4) is 5.75 Å². The molecule has 0 atom stereocenters. The molecule has 0 bridgehead atoms. The highest BCUT2D eigenvalue weighted by Gasteiger charge is 2.31. The Bertz CT molecular complexity index is 1080. The van der Waals surface area contributed by atoms with Gasteiger partial charge in [-0.3, -0.25) is 14.5 Å². The Balaban J connectivity index is 1.56. The molecular formula is C22H17F3N2O3S2. The molecule has 0 unspecified atom stereocenters. The van der Waals surface area contributed by atoms with Gasteiger partial charge in [0, 0.05) is 12.2 Å². The number of nitrogens with zero attached hydrogens (tertiary/aromatic N) is 1. The van der Waals surface area contributed by atoms with E-state index < -0.39 is 17.6 Å². The van der Waals surface area contributed by atoms with Crippen LogP contribution in [-0.2, 0) is 15.8 Å². The van der Waals surface area contributed by atoms with Crippen LogP contribution in [0, 0.1) is 0 Å². The van der Waals surface area contributed by atoms with Gasteiger partial charge in [0.2, 0.25) is 0 Å². The molecule has 3 rings (SSSR count). The van der Waals surface area contributed by atoms with E-state index in [1.165, 1.54) is 28.8 Å². The summed E-state index contributed by atoms with van der Waals surface area (Å²) in [6.07, 6.45) is -1.19. The molecule has 166 valence electrons. The predicted molar refractivity (Wildman–Crippen MR) is 122 cm³/mol. The molecule has 1 aliphatic heterocycles. The second kappa shape index (κ2) is 10.0. The average molecular weight is 479 g/mol. The molecule has 1 N–H and O–H groups in total. The van der Waals surface area contributed by atoms with Crippen molar-refractivity contribution in [1.82, 2.24) is 4.90 Å². The van der Waals surface area contributed by atoms with E-state index in [9.17, 15) is 22.8 Å². The van der Waals surface area contributed by atoms with Crippen LogP contribution in [0.4, 0.5) is 18.9 Å². The van der Waals surface area contributed by atoms with E-state index in [4.69, 9.17) is 17.0 Å². The van der Waals surface area contributed by atoms with E-state index in [1.807, 2.05) is 0 Å². The van der Waals surface area contributed by atoms with Crippen molar-refractivity contribution in [2.75, 3.05) is 18.5 Å². The molecule has 2 aromatic carbocycles. The van der Waals surface area contributed by atoms with Crippen LogP contribution in [0.5, 0.6) is 5.75 Å². The molecule has 32 heavy (non-hydrogen) atoms. The molecule has 1 aliphatic rings. The van der Waals surface area contributed by atoms with Crippen molar-refractivity contribution < 1.29 is 27.5 Å². The van der Waals surface area contributed by atoms with Gasteiger partial charge in [-0.05, 0) is 42.0 Å². The van der Waals surface area contributed by atoms with Gasteiger partial charge < -0.3 is 10.1 Å². The van der Waals surface area contributed by atoms with Gasteiger partial charge in [-0.2, -0.15) is 13.2 Å². The summed E-state index contributed by atoms with van der Waals surface area (Å²) in [5.41, 5.74) is -0.0874. The largest absolute Gasteiger partial charge is 0.484 e. The highest BCUT2D eigenvalue weighted by Crippen LogP contribution is 2.33. The summed E-state index contributed by atoms with van der Waals surface area (Å²) in [6, 6.07) is 11.0. The number of carbonyl (C=O) groups is 2. The Kier molecular flexibility index (Phi) is 7.37. The van der Waals surface area contributed by atoms with Crippen LogP contribution in [0.2, 0.25) is 0 Å². The minimum atomic E-state index is -4.50. The molecule has 2 aromatic rings. The number of halogens is 3. The molecule has 1 fully saturated rings. The lowest BCUT2D eigenvalue weighted by molar-refractivity contribution is -0.137. The number of ether oxygens (including phenoxy) is 1. The van der Waals surface area contributed by atoms with Crippen LogP contribution in [0.1, 0.15) is 11.1 Å². The average Bonchev–Trinajstić information content (AvgIpc) is 3.00. The van der Waals surface area contributed by atoms with Crippen molar-refractivity contribution in [1.29, 1.82) is 0 Å². The zero-order valence-corrected chi connectivity index (χ0v) is 18.2. The fourth-order valence-corrected chi connectivity index (χ4v) is 3.99. The molecule has 0 aromatic heterocycles. The lowest BCUT2D eigenvalue weighted by atomic mass is 10.2. The second-order valence-electron chi connectivity index (χ2n) is 6.57. The normalized spacial score (nSPS) is 15.2. The fraction of sp³-hybridized carbons (Fsp3) is 0.136. The maximum absolute atomic E-state index is 12.8. The number of hydrogen-bond acceptors (Lipinski definition) is 5. The topological polar surface area (TPSA) is 58.6 Å². The Labute approximate surface area is 191 Å². The predicted octanol–water partition coefficient (Wildman–Crippen LogP) is 5.11. The minimum absolute atomic E-state index is 0.0255. The van der Waals surface area contributed by atoms with Gasteiger partial charge in [0.05, 0.1) is 10.5 Å². The first kappa shape index (κ1) is 23.6. The highest BCUT2D eigenvalue weighted by molar-refractivity contribution is 8.26. The van der Waals surface area contributed by atoms with Crippen LogP contribution in [0.3, 0.4) is 0 Å². The van der Waals surface area contributed by atoms with E-state index in [1.54, 1.807) is 36.4 Å². The summed E-state index contributed by atoms with van der Waals surface area (Å²) in [5, 5.41) is 2.37. The molecule has 0 radical (unpaired) electrons. The standard InChI is InChI=1S/C22H17F3N2O3S2/c1-2-10-27-20(29)18(32-21(27)31)11-14-6-8-17(9-7-14)30-13-19(28)26-16-5-3-4-15(12-16)22(23,24)25/h2-9,11-12H,1,10,13H2,(H,26,28)/b18-11-. The quantitative estimate of drug-likeness (QED) is 0.341. The van der Waals surface area contributed by atoms with Crippen LogP contribution in [0.25, 0.3) is 6.08 Å². The zero-order chi connectivity index (χ0) is 23.3. The molecule has 0 aliphatic carbocycles. The van der Waals surface area contributed by atoms with Crippen molar-refractivity contribution >= 4 is 51.9 Å². The summed E-state index contributed by atoms with van der Waals surface area (Å²) in [7, 11) is 0. The number of hydrogen-bond donors (Lipinski definition) is 1. The Morgan fingerprint density at radius 3 is 2.59 bits per heavy atom. The molecule has 5 nitrogen and oxygen atoms in total. The van der Waals surface area contributed by atoms with Gasteiger partial charge in [-0.15, -0.1) is 6.58 Å². The van der Waals surface area contributed by atoms with Crippen molar-refractivity contribution in [2.45, 2.75) is 6.18 Å². The monoisotopic (exact) mass is 478 g/mol. The third kappa shape index (κ3) is 5.98. The van der Waals surface area contributed by atoms with Crippen molar-refractivity contribution in [3.63, 3.8) is 0 Å². The summed E-state index contributed by atoms with van der Waals surface area (Å²) in [4.78, 5) is 26.3. The Hall–Kier alpha value is -3.11. The minimum Gasteiger partial charge on any atom is -0.484 e. The number of rotatable bonds is 7. The van der Waals surface area contributed by atoms with Crippen LogP contribution in [0.15, 0.2) is 66.1 Å². The zero-order valence-electron chi connectivity index (χ0n) is 16.5. The molecule has 10 heteroatoms. The fourth-order valence-electron chi connectivity index (χ4n) is 2.72. The van der Waals surface area contributed by atoms with E-state index >= 15 is 0 Å². The van der Waals surface area contributed by atoms with E-state index in [-0.39, 0.29) is 18.2 Å². The number of anilines is 1. The molecule has 1 heterocycles. The van der Waals surface area contributed by atoms with Crippen LogP contribution in [-0.4, -0.2) is 34.2 Å². The van der Waals surface area contributed by atoms with Gasteiger partial charge in [0.15, 0.2) is 6.61 Å². The third-order valence-corrected chi connectivity index (χ3v) is 5.58. The Morgan fingerprint density at radius 2 is 1.94 bits per heavy atom. The lowest BCUT2D eigenvalue weighted by Crippen LogP contribution is -2.27. The third-order valence-electron chi connectivity index (χ3n) is 4.21. The van der Waals surface area contributed by atoms with Crippen LogP contribution < -0.4 is 10.1 Å². The first-order valence-corrected chi connectivity index (χ1v) is 10.5. The first-order valence-electron chi connectivity index (χ1n) is 9.23. The first-order chi connectivity index (χ1) is 15.2. The van der Waals surface area contributed by atoms with Gasteiger partial charge in [0.25, 0.3) is 11.8 Å².